The molecule has 1 aromatic heterocycles. The van der Waals surface area contributed by atoms with Crippen molar-refractivity contribution in [1.29, 1.82) is 0 Å². The molecule has 36 heavy (non-hydrogen) atoms. The third kappa shape index (κ3) is 6.46. The van der Waals surface area contributed by atoms with Crippen molar-refractivity contribution in [3.05, 3.63) is 65.1 Å². The fourth-order valence-corrected chi connectivity index (χ4v) is 3.32. The van der Waals surface area contributed by atoms with Crippen molar-refractivity contribution in [2.75, 3.05) is 6.61 Å². The lowest BCUT2D eigenvalue weighted by molar-refractivity contribution is -0.0515. The van der Waals surface area contributed by atoms with Gasteiger partial charge < -0.3 is 24.9 Å². The minimum absolute atomic E-state index is 0. The molecule has 3 N–H and O–H groups in total. The van der Waals surface area contributed by atoms with Crippen molar-refractivity contribution in [2.24, 2.45) is 11.7 Å². The second-order valence-corrected chi connectivity index (χ2v) is 8.20. The Balaban J connectivity index is 0.00000361. The first-order valence-corrected chi connectivity index (χ1v) is 10.9. The van der Waals surface area contributed by atoms with Crippen LogP contribution >= 0.6 is 12.4 Å². The lowest BCUT2D eigenvalue weighted by Gasteiger charge is -2.12. The number of nitrogens with zero attached hydrogens (tertiary/aromatic N) is 1. The van der Waals surface area contributed by atoms with Crippen molar-refractivity contribution < 1.29 is 36.2 Å². The molecule has 0 aliphatic heterocycles. The SMILES string of the molecule is CC(N)c1oc(-c2ccc(OC(F)F)c(OCC3CC3)c2)nc1C(=O)NCc1c(F)cccc1F.Cl. The highest BCUT2D eigenvalue weighted by Gasteiger charge is 2.26. The van der Waals surface area contributed by atoms with Crippen molar-refractivity contribution in [3.8, 4) is 23.0 Å². The number of benzene rings is 2. The largest absolute Gasteiger partial charge is 0.489 e. The maximum Gasteiger partial charge on any atom is 0.387 e. The number of ether oxygens (including phenoxy) is 2. The number of aromatic nitrogens is 1. The molecule has 1 heterocycles. The van der Waals surface area contributed by atoms with Crippen LogP contribution in [0.2, 0.25) is 0 Å². The van der Waals surface area contributed by atoms with Crippen LogP contribution in [0.4, 0.5) is 17.6 Å². The quantitative estimate of drug-likeness (QED) is 0.342. The number of nitrogens with two attached hydrogens (primary N) is 1. The molecule has 194 valence electrons. The molecule has 3 aromatic rings. The number of oxazole rings is 1. The molecule has 1 atom stereocenters. The number of rotatable bonds is 10. The average molecular weight is 530 g/mol. The molecule has 2 aromatic carbocycles. The number of carbonyl (C=O) groups is 1. The lowest BCUT2D eigenvalue weighted by atomic mass is 10.2. The van der Waals surface area contributed by atoms with E-state index in [-0.39, 0.29) is 46.8 Å². The highest BCUT2D eigenvalue weighted by molar-refractivity contribution is 5.94. The van der Waals surface area contributed by atoms with E-state index in [4.69, 9.17) is 14.9 Å². The van der Waals surface area contributed by atoms with Crippen LogP contribution in [-0.2, 0) is 6.54 Å². The van der Waals surface area contributed by atoms with Gasteiger partial charge in [0, 0.05) is 17.7 Å². The molecule has 1 unspecified atom stereocenters. The first kappa shape index (κ1) is 27.3. The van der Waals surface area contributed by atoms with Crippen LogP contribution in [0, 0.1) is 17.6 Å². The summed E-state index contributed by atoms with van der Waals surface area (Å²) >= 11 is 0. The lowest BCUT2D eigenvalue weighted by Crippen LogP contribution is -2.26. The van der Waals surface area contributed by atoms with E-state index >= 15 is 0 Å². The van der Waals surface area contributed by atoms with E-state index in [0.717, 1.165) is 25.0 Å². The Hall–Kier alpha value is -3.31. The maximum absolute atomic E-state index is 13.9. The number of carbonyl (C=O) groups excluding carboxylic acids is 1. The average Bonchev–Trinajstić information content (AvgIpc) is 3.52. The number of hydrogen-bond acceptors (Lipinski definition) is 6. The van der Waals surface area contributed by atoms with E-state index in [0.29, 0.717) is 18.1 Å². The van der Waals surface area contributed by atoms with Gasteiger partial charge in [0.1, 0.15) is 11.6 Å². The minimum atomic E-state index is -3.04. The Labute approximate surface area is 210 Å². The minimum Gasteiger partial charge on any atom is -0.489 e. The van der Waals surface area contributed by atoms with Crippen molar-refractivity contribution in [3.63, 3.8) is 0 Å². The molecule has 1 saturated carbocycles. The molecule has 1 aliphatic rings. The van der Waals surface area contributed by atoms with Crippen LogP contribution in [-0.4, -0.2) is 24.1 Å². The van der Waals surface area contributed by atoms with Crippen LogP contribution in [0.1, 0.15) is 47.6 Å². The topological polar surface area (TPSA) is 99.6 Å². The number of halogens is 5. The zero-order valence-corrected chi connectivity index (χ0v) is 19.9. The highest BCUT2D eigenvalue weighted by Crippen LogP contribution is 2.37. The van der Waals surface area contributed by atoms with Gasteiger partial charge in [0.25, 0.3) is 5.91 Å². The van der Waals surface area contributed by atoms with Gasteiger partial charge in [-0.1, -0.05) is 6.07 Å². The van der Waals surface area contributed by atoms with Gasteiger partial charge in [0.15, 0.2) is 23.0 Å². The predicted molar refractivity (Wildman–Crippen MR) is 124 cm³/mol. The summed E-state index contributed by atoms with van der Waals surface area (Å²) in [5.74, 6) is -2.03. The molecule has 0 radical (unpaired) electrons. The number of amides is 1. The number of alkyl halides is 2. The molecule has 0 saturated heterocycles. The summed E-state index contributed by atoms with van der Waals surface area (Å²) in [7, 11) is 0. The summed E-state index contributed by atoms with van der Waals surface area (Å²) < 4.78 is 69.3. The smallest absolute Gasteiger partial charge is 0.387 e. The molecule has 4 rings (SSSR count). The van der Waals surface area contributed by atoms with Gasteiger partial charge in [-0.3, -0.25) is 4.79 Å². The normalized spacial score (nSPS) is 13.8. The fourth-order valence-electron chi connectivity index (χ4n) is 3.32. The Morgan fingerprint density at radius 1 is 1.19 bits per heavy atom. The van der Waals surface area contributed by atoms with Gasteiger partial charge in [0.2, 0.25) is 5.89 Å². The molecular weight excluding hydrogens is 506 g/mol. The van der Waals surface area contributed by atoms with E-state index in [1.54, 1.807) is 6.92 Å². The monoisotopic (exact) mass is 529 g/mol. The Bertz CT molecular complexity index is 1200. The second kappa shape index (κ2) is 11.6. The van der Waals surface area contributed by atoms with Crippen molar-refractivity contribution in [2.45, 2.75) is 39.0 Å². The summed E-state index contributed by atoms with van der Waals surface area (Å²) in [5.41, 5.74) is 5.79. The van der Waals surface area contributed by atoms with Gasteiger partial charge in [-0.15, -0.1) is 12.4 Å². The van der Waals surface area contributed by atoms with Crippen LogP contribution in [0.25, 0.3) is 11.5 Å². The standard InChI is InChI=1S/C24H23F4N3O4.ClH/c1-12(29)21-20(22(32)30-10-15-16(25)3-2-4-17(15)26)31-23(35-21)14-7-8-18(34-24(27)28)19(9-14)33-11-13-5-6-13;/h2-4,7-9,12-13,24H,5-6,10-11,29H2,1H3,(H,30,32);1H. The van der Waals surface area contributed by atoms with Crippen LogP contribution < -0.4 is 20.5 Å². The molecule has 1 amide bonds. The molecule has 7 nitrogen and oxygen atoms in total. The molecule has 0 spiro atoms. The zero-order chi connectivity index (χ0) is 25.1. The number of hydrogen-bond donors (Lipinski definition) is 2. The van der Waals surface area contributed by atoms with Gasteiger partial charge >= 0.3 is 6.61 Å². The van der Waals surface area contributed by atoms with E-state index < -0.39 is 36.7 Å². The second-order valence-electron chi connectivity index (χ2n) is 8.20. The summed E-state index contributed by atoms with van der Waals surface area (Å²) in [6.07, 6.45) is 1.99. The molecule has 12 heteroatoms. The first-order valence-electron chi connectivity index (χ1n) is 10.9. The van der Waals surface area contributed by atoms with Crippen LogP contribution in [0.15, 0.2) is 40.8 Å². The van der Waals surface area contributed by atoms with E-state index in [1.165, 1.54) is 24.3 Å². The highest BCUT2D eigenvalue weighted by atomic mass is 35.5. The zero-order valence-electron chi connectivity index (χ0n) is 19.1. The molecule has 1 aliphatic carbocycles. The summed E-state index contributed by atoms with van der Waals surface area (Å²) in [4.78, 5) is 17.0. The van der Waals surface area contributed by atoms with E-state index in [2.05, 4.69) is 15.0 Å². The predicted octanol–water partition coefficient (Wildman–Crippen LogP) is 5.38. The van der Waals surface area contributed by atoms with Crippen molar-refractivity contribution >= 4 is 18.3 Å². The summed E-state index contributed by atoms with van der Waals surface area (Å²) in [6.45, 7) is -1.54. The van der Waals surface area contributed by atoms with Crippen LogP contribution in [0.5, 0.6) is 11.5 Å². The molecule has 1 fully saturated rings. The third-order valence-electron chi connectivity index (χ3n) is 5.35. The van der Waals surface area contributed by atoms with Gasteiger partial charge in [-0.25, -0.2) is 13.8 Å². The summed E-state index contributed by atoms with van der Waals surface area (Å²) in [6, 6.07) is 6.78. The Morgan fingerprint density at radius 3 is 2.50 bits per heavy atom. The van der Waals surface area contributed by atoms with Crippen molar-refractivity contribution in [1.82, 2.24) is 10.3 Å². The maximum atomic E-state index is 13.9. The number of nitrogens with one attached hydrogen (secondary N) is 1. The first-order chi connectivity index (χ1) is 16.7. The van der Waals surface area contributed by atoms with Crippen LogP contribution in [0.3, 0.4) is 0 Å². The molecular formula is C24H24ClF4N3O4. The Kier molecular flexibility index (Phi) is 8.80. The summed E-state index contributed by atoms with van der Waals surface area (Å²) in [5, 5.41) is 2.41. The Morgan fingerprint density at radius 2 is 1.89 bits per heavy atom. The van der Waals surface area contributed by atoms with Gasteiger partial charge in [-0.2, -0.15) is 8.78 Å². The fraction of sp³-hybridized carbons (Fsp3) is 0.333. The van der Waals surface area contributed by atoms with E-state index in [1.807, 2.05) is 0 Å². The molecule has 0 bridgehead atoms. The van der Waals surface area contributed by atoms with Gasteiger partial charge in [-0.05, 0) is 56.0 Å². The third-order valence-corrected chi connectivity index (χ3v) is 5.35. The van der Waals surface area contributed by atoms with Gasteiger partial charge in [0.05, 0.1) is 12.6 Å². The van der Waals surface area contributed by atoms with E-state index in [9.17, 15) is 22.4 Å².